The van der Waals surface area contributed by atoms with Crippen molar-refractivity contribution in [3.8, 4) is 0 Å². The minimum absolute atomic E-state index is 0.151. The van der Waals surface area contributed by atoms with Crippen LogP contribution in [0.5, 0.6) is 0 Å². The lowest BCUT2D eigenvalue weighted by Gasteiger charge is -1.97. The molecule has 1 aromatic rings. The minimum atomic E-state index is -1.66. The van der Waals surface area contributed by atoms with Crippen LogP contribution in [0.1, 0.15) is 0 Å². The van der Waals surface area contributed by atoms with Gasteiger partial charge in [0.05, 0.1) is 0 Å². The van der Waals surface area contributed by atoms with Crippen LogP contribution in [0.3, 0.4) is 0 Å². The van der Waals surface area contributed by atoms with E-state index in [-0.39, 0.29) is 5.69 Å². The Kier molecular flexibility index (Phi) is 2.38. The average Bonchev–Trinajstić information content (AvgIpc) is 2.08. The van der Waals surface area contributed by atoms with Crippen molar-refractivity contribution in [1.29, 1.82) is 0 Å². The van der Waals surface area contributed by atoms with Crippen molar-refractivity contribution in [2.75, 3.05) is 5.32 Å². The maximum atomic E-state index is 10.9. The van der Waals surface area contributed by atoms with Gasteiger partial charge in [0.15, 0.2) is 0 Å². The average molecular weight is 183 g/mol. The first-order valence-electron chi connectivity index (χ1n) is 3.19. The van der Waals surface area contributed by atoms with Crippen LogP contribution in [0.4, 0.5) is 5.69 Å². The van der Waals surface area contributed by atoms with E-state index in [0.717, 1.165) is 0 Å². The molecule has 0 unspecified atom stereocenters. The topological polar surface area (TPSA) is 112 Å². The number of aromatic amines is 1. The van der Waals surface area contributed by atoms with Crippen LogP contribution in [-0.2, 0) is 9.59 Å². The second-order valence-electron chi connectivity index (χ2n) is 2.06. The number of anilines is 1. The number of nitrogens with one attached hydrogen (secondary N) is 2. The second-order valence-corrected chi connectivity index (χ2v) is 2.06. The maximum Gasteiger partial charge on any atom is 0.394 e. The molecule has 0 saturated heterocycles. The van der Waals surface area contributed by atoms with E-state index in [9.17, 15) is 14.4 Å². The Morgan fingerprint density at radius 2 is 2.23 bits per heavy atom. The van der Waals surface area contributed by atoms with Crippen LogP contribution in [-0.4, -0.2) is 27.2 Å². The molecule has 0 spiro atoms. The van der Waals surface area contributed by atoms with Gasteiger partial charge in [-0.15, -0.1) is 0 Å². The van der Waals surface area contributed by atoms with Gasteiger partial charge in [0.2, 0.25) is 0 Å². The van der Waals surface area contributed by atoms with E-state index in [4.69, 9.17) is 5.11 Å². The molecule has 1 heterocycles. The predicted octanol–water partition coefficient (Wildman–Crippen LogP) is -1.21. The number of carbonyl (C=O) groups excluding carboxylic acids is 1. The van der Waals surface area contributed by atoms with Gasteiger partial charge in [-0.3, -0.25) is 9.59 Å². The zero-order chi connectivity index (χ0) is 9.84. The standard InChI is InChI=1S/C6H5N3O4/c10-4-3(1-2-7-9-4)8-5(11)6(12)13/h1-2H,(H,9,10)(H,12,13)(H,7,8,11). The van der Waals surface area contributed by atoms with Gasteiger partial charge in [-0.25, -0.2) is 9.89 Å². The number of aromatic nitrogens is 2. The maximum absolute atomic E-state index is 10.9. The van der Waals surface area contributed by atoms with Crippen molar-refractivity contribution in [3.63, 3.8) is 0 Å². The molecule has 0 fully saturated rings. The highest BCUT2D eigenvalue weighted by molar-refractivity contribution is 6.36. The molecule has 0 aliphatic carbocycles. The highest BCUT2D eigenvalue weighted by Gasteiger charge is 2.12. The summed E-state index contributed by atoms with van der Waals surface area (Å²) in [6, 6.07) is 1.19. The van der Waals surface area contributed by atoms with Gasteiger partial charge >= 0.3 is 11.9 Å². The van der Waals surface area contributed by atoms with Crippen molar-refractivity contribution in [3.05, 3.63) is 22.6 Å². The fraction of sp³-hybridized carbons (Fsp3) is 0. The van der Waals surface area contributed by atoms with Crippen molar-refractivity contribution < 1.29 is 14.7 Å². The normalized spacial score (nSPS) is 9.23. The number of amides is 1. The molecule has 0 aliphatic heterocycles. The minimum Gasteiger partial charge on any atom is -0.474 e. The highest BCUT2D eigenvalue weighted by atomic mass is 16.4. The lowest BCUT2D eigenvalue weighted by Crippen LogP contribution is -2.26. The van der Waals surface area contributed by atoms with Crippen molar-refractivity contribution >= 4 is 17.6 Å². The molecule has 0 aromatic carbocycles. The van der Waals surface area contributed by atoms with E-state index in [2.05, 4.69) is 5.10 Å². The second kappa shape index (κ2) is 3.48. The van der Waals surface area contributed by atoms with E-state index >= 15 is 0 Å². The lowest BCUT2D eigenvalue weighted by atomic mass is 10.4. The number of aliphatic carboxylic acids is 1. The summed E-state index contributed by atoms with van der Waals surface area (Å²) in [6.07, 6.45) is 1.22. The molecular weight excluding hydrogens is 178 g/mol. The molecule has 0 bridgehead atoms. The van der Waals surface area contributed by atoms with E-state index in [1.807, 2.05) is 10.4 Å². The Morgan fingerprint density at radius 3 is 2.77 bits per heavy atom. The number of hydrogen-bond acceptors (Lipinski definition) is 4. The third-order valence-corrected chi connectivity index (χ3v) is 1.17. The van der Waals surface area contributed by atoms with E-state index in [1.165, 1.54) is 12.3 Å². The van der Waals surface area contributed by atoms with Crippen molar-refractivity contribution in [1.82, 2.24) is 10.2 Å². The van der Waals surface area contributed by atoms with Gasteiger partial charge in [-0.1, -0.05) is 0 Å². The molecule has 1 aromatic heterocycles. The number of H-pyrrole nitrogens is 1. The van der Waals surface area contributed by atoms with E-state index in [0.29, 0.717) is 0 Å². The van der Waals surface area contributed by atoms with Gasteiger partial charge in [0.1, 0.15) is 5.69 Å². The van der Waals surface area contributed by atoms with Crippen LogP contribution in [0.15, 0.2) is 17.1 Å². The summed E-state index contributed by atoms with van der Waals surface area (Å²) in [5, 5.41) is 15.5. The Morgan fingerprint density at radius 1 is 1.54 bits per heavy atom. The smallest absolute Gasteiger partial charge is 0.394 e. The summed E-state index contributed by atoms with van der Waals surface area (Å²) in [6.45, 7) is 0. The molecule has 13 heavy (non-hydrogen) atoms. The third kappa shape index (κ3) is 2.12. The van der Waals surface area contributed by atoms with Crippen molar-refractivity contribution in [2.24, 2.45) is 0 Å². The van der Waals surface area contributed by atoms with Crippen LogP contribution >= 0.6 is 0 Å². The Labute approximate surface area is 71.4 Å². The molecule has 0 aliphatic rings. The fourth-order valence-electron chi connectivity index (χ4n) is 0.618. The quantitative estimate of drug-likeness (QED) is 0.473. The molecule has 7 heteroatoms. The molecule has 0 atom stereocenters. The first-order chi connectivity index (χ1) is 6.11. The zero-order valence-corrected chi connectivity index (χ0v) is 6.27. The van der Waals surface area contributed by atoms with Gasteiger partial charge < -0.3 is 10.4 Å². The van der Waals surface area contributed by atoms with E-state index in [1.54, 1.807) is 0 Å². The van der Waals surface area contributed by atoms with Gasteiger partial charge in [0, 0.05) is 6.20 Å². The van der Waals surface area contributed by atoms with Gasteiger partial charge in [-0.05, 0) is 6.07 Å². The van der Waals surface area contributed by atoms with Crippen LogP contribution in [0.2, 0.25) is 0 Å². The van der Waals surface area contributed by atoms with Gasteiger partial charge in [-0.2, -0.15) is 5.10 Å². The summed E-state index contributed by atoms with van der Waals surface area (Å²) < 4.78 is 0. The predicted molar refractivity (Wildman–Crippen MR) is 41.1 cm³/mol. The monoisotopic (exact) mass is 183 g/mol. The summed E-state index contributed by atoms with van der Waals surface area (Å²) in [4.78, 5) is 31.5. The van der Waals surface area contributed by atoms with E-state index < -0.39 is 17.4 Å². The van der Waals surface area contributed by atoms with Crippen LogP contribution < -0.4 is 10.9 Å². The third-order valence-electron chi connectivity index (χ3n) is 1.17. The SMILES string of the molecule is O=C(O)C(=O)Nc1ccn[nH]c1=O. The number of hydrogen-bond donors (Lipinski definition) is 3. The summed E-state index contributed by atoms with van der Waals surface area (Å²) >= 11 is 0. The van der Waals surface area contributed by atoms with Crippen LogP contribution in [0, 0.1) is 0 Å². The molecule has 1 rings (SSSR count). The highest BCUT2D eigenvalue weighted by Crippen LogP contribution is 1.93. The molecule has 0 saturated carbocycles. The van der Waals surface area contributed by atoms with Crippen molar-refractivity contribution in [2.45, 2.75) is 0 Å². The summed E-state index contributed by atoms with van der Waals surface area (Å²) in [5.41, 5.74) is -0.806. The zero-order valence-electron chi connectivity index (χ0n) is 6.27. The molecule has 7 nitrogen and oxygen atoms in total. The number of carbonyl (C=O) groups is 2. The number of nitrogens with zero attached hydrogens (tertiary/aromatic N) is 1. The first-order valence-corrected chi connectivity index (χ1v) is 3.19. The summed E-state index contributed by atoms with van der Waals surface area (Å²) in [5.74, 6) is -2.92. The number of carboxylic acid groups (broad SMARTS) is 1. The Bertz CT molecular complexity index is 397. The summed E-state index contributed by atoms with van der Waals surface area (Å²) in [7, 11) is 0. The Balaban J connectivity index is 2.87. The molecule has 1 amide bonds. The molecule has 0 radical (unpaired) electrons. The molecule has 68 valence electrons. The molecule has 3 N–H and O–H groups in total. The first kappa shape index (κ1) is 8.91. The number of rotatable bonds is 1. The number of carboxylic acids is 1. The Hall–Kier alpha value is -2.18. The lowest BCUT2D eigenvalue weighted by molar-refractivity contribution is -0.147. The van der Waals surface area contributed by atoms with Crippen LogP contribution in [0.25, 0.3) is 0 Å². The fourth-order valence-corrected chi connectivity index (χ4v) is 0.618. The largest absolute Gasteiger partial charge is 0.474 e. The van der Waals surface area contributed by atoms with Gasteiger partial charge in [0.25, 0.3) is 5.56 Å². The molecular formula is C6H5N3O4.